The van der Waals surface area contributed by atoms with E-state index in [-0.39, 0.29) is 12.6 Å². The van der Waals surface area contributed by atoms with Gasteiger partial charge in [0, 0.05) is 36.1 Å². The van der Waals surface area contributed by atoms with E-state index < -0.39 is 10.0 Å². The fourth-order valence-corrected chi connectivity index (χ4v) is 4.93. The van der Waals surface area contributed by atoms with Crippen molar-refractivity contribution in [2.45, 2.75) is 17.4 Å². The molecule has 0 aliphatic carbocycles. The summed E-state index contributed by atoms with van der Waals surface area (Å²) in [6, 6.07) is 10.7. The van der Waals surface area contributed by atoms with Crippen molar-refractivity contribution in [1.82, 2.24) is 9.21 Å². The van der Waals surface area contributed by atoms with Crippen LogP contribution in [-0.2, 0) is 10.0 Å². The highest BCUT2D eigenvalue weighted by Crippen LogP contribution is 2.28. The fraction of sp³-hybridized carbons (Fsp3) is 0.412. The first kappa shape index (κ1) is 17.6. The van der Waals surface area contributed by atoms with E-state index in [4.69, 9.17) is 16.7 Å². The number of aliphatic hydroxyl groups excluding tert-OH is 1. The molecule has 0 unspecified atom stereocenters. The van der Waals surface area contributed by atoms with Crippen LogP contribution in [0.4, 0.5) is 0 Å². The van der Waals surface area contributed by atoms with Crippen LogP contribution in [0, 0.1) is 0 Å². The van der Waals surface area contributed by atoms with Gasteiger partial charge in [-0.3, -0.25) is 4.90 Å². The maximum Gasteiger partial charge on any atom is 0.243 e. The van der Waals surface area contributed by atoms with E-state index >= 15 is 0 Å². The van der Waals surface area contributed by atoms with Gasteiger partial charge >= 0.3 is 0 Å². The molecule has 0 aromatic heterocycles. The topological polar surface area (TPSA) is 60.9 Å². The molecule has 0 bridgehead atoms. The van der Waals surface area contributed by atoms with Gasteiger partial charge < -0.3 is 5.11 Å². The summed E-state index contributed by atoms with van der Waals surface area (Å²) in [6.07, 6.45) is 0.773. The maximum absolute atomic E-state index is 12.9. The predicted molar refractivity (Wildman–Crippen MR) is 95.8 cm³/mol. The van der Waals surface area contributed by atoms with Gasteiger partial charge in [0.05, 0.1) is 11.5 Å². The summed E-state index contributed by atoms with van der Waals surface area (Å²) in [5.41, 5.74) is 0. The average Bonchev–Trinajstić information content (AvgIpc) is 3.06. The van der Waals surface area contributed by atoms with Crippen molar-refractivity contribution >= 4 is 32.4 Å². The van der Waals surface area contributed by atoms with Crippen molar-refractivity contribution in [1.29, 1.82) is 0 Å². The van der Waals surface area contributed by atoms with Gasteiger partial charge in [-0.05, 0) is 37.1 Å². The predicted octanol–water partition coefficient (Wildman–Crippen LogP) is 2.18. The van der Waals surface area contributed by atoms with Crippen molar-refractivity contribution in [2.75, 3.05) is 33.3 Å². The second kappa shape index (κ2) is 6.98. The van der Waals surface area contributed by atoms with Gasteiger partial charge in [-0.15, -0.1) is 0 Å². The summed E-state index contributed by atoms with van der Waals surface area (Å²) < 4.78 is 27.4. The van der Waals surface area contributed by atoms with Crippen molar-refractivity contribution in [3.63, 3.8) is 0 Å². The summed E-state index contributed by atoms with van der Waals surface area (Å²) in [5.74, 6) is 0. The molecular formula is C17H21ClN2O3S. The van der Waals surface area contributed by atoms with Gasteiger partial charge in [0.15, 0.2) is 0 Å². The lowest BCUT2D eigenvalue weighted by molar-refractivity contribution is 0.184. The Balaban J connectivity index is 1.86. The Morgan fingerprint density at radius 3 is 2.88 bits per heavy atom. The van der Waals surface area contributed by atoms with Crippen LogP contribution < -0.4 is 0 Å². The number of rotatable bonds is 5. The SMILES string of the molecule is CN(CCO)[C@@H]1CCN(S(=O)(=O)c2ccc3c(Cl)cccc3c2)C1. The minimum atomic E-state index is -3.52. The molecule has 1 N–H and O–H groups in total. The minimum absolute atomic E-state index is 0.0746. The summed E-state index contributed by atoms with van der Waals surface area (Å²) >= 11 is 6.15. The first-order valence-corrected chi connectivity index (χ1v) is 9.75. The number of fused-ring (bicyclic) bond motifs is 1. The van der Waals surface area contributed by atoms with E-state index in [9.17, 15) is 8.42 Å². The number of aliphatic hydroxyl groups is 1. The number of hydrogen-bond acceptors (Lipinski definition) is 4. The van der Waals surface area contributed by atoms with Crippen LogP contribution in [0.2, 0.25) is 5.02 Å². The molecule has 0 amide bonds. The number of hydrogen-bond donors (Lipinski definition) is 1. The maximum atomic E-state index is 12.9. The monoisotopic (exact) mass is 368 g/mol. The minimum Gasteiger partial charge on any atom is -0.395 e. The third kappa shape index (κ3) is 3.30. The van der Waals surface area contributed by atoms with Gasteiger partial charge in [0.2, 0.25) is 10.0 Å². The van der Waals surface area contributed by atoms with Crippen molar-refractivity contribution in [2.24, 2.45) is 0 Å². The van der Waals surface area contributed by atoms with E-state index in [1.807, 2.05) is 24.1 Å². The molecule has 2 aromatic rings. The third-order valence-electron chi connectivity index (χ3n) is 4.64. The molecule has 0 saturated carbocycles. The van der Waals surface area contributed by atoms with E-state index in [0.29, 0.717) is 29.6 Å². The number of sulfonamides is 1. The third-order valence-corrected chi connectivity index (χ3v) is 6.83. The number of benzene rings is 2. The molecule has 1 fully saturated rings. The Labute approximate surface area is 147 Å². The second-order valence-corrected chi connectivity index (χ2v) is 8.48. The van der Waals surface area contributed by atoms with Crippen LogP contribution >= 0.6 is 11.6 Å². The zero-order valence-corrected chi connectivity index (χ0v) is 15.1. The molecule has 2 aromatic carbocycles. The molecule has 1 heterocycles. The molecule has 1 atom stereocenters. The van der Waals surface area contributed by atoms with Gasteiger partial charge in [0.1, 0.15) is 0 Å². The second-order valence-electron chi connectivity index (χ2n) is 6.13. The standard InChI is InChI=1S/C17H21ClN2O3S/c1-19(9-10-21)14-7-8-20(12-14)24(22,23)15-5-6-16-13(11-15)3-2-4-17(16)18/h2-6,11,14,21H,7-10,12H2,1H3/t14-/m1/s1. The first-order chi connectivity index (χ1) is 11.4. The van der Waals surface area contributed by atoms with Crippen LogP contribution in [0.3, 0.4) is 0 Å². The van der Waals surface area contributed by atoms with Crippen molar-refractivity contribution < 1.29 is 13.5 Å². The highest BCUT2D eigenvalue weighted by molar-refractivity contribution is 7.89. The van der Waals surface area contributed by atoms with Gasteiger partial charge in [-0.2, -0.15) is 4.31 Å². The van der Waals surface area contributed by atoms with E-state index in [0.717, 1.165) is 17.2 Å². The van der Waals surface area contributed by atoms with Crippen LogP contribution in [0.1, 0.15) is 6.42 Å². The van der Waals surface area contributed by atoms with Crippen molar-refractivity contribution in [3.8, 4) is 0 Å². The largest absolute Gasteiger partial charge is 0.395 e. The first-order valence-electron chi connectivity index (χ1n) is 7.93. The van der Waals surface area contributed by atoms with Gasteiger partial charge in [-0.25, -0.2) is 8.42 Å². The summed E-state index contributed by atoms with van der Waals surface area (Å²) in [5, 5.41) is 11.3. The lowest BCUT2D eigenvalue weighted by atomic mass is 10.1. The smallest absolute Gasteiger partial charge is 0.243 e. The molecule has 1 saturated heterocycles. The molecule has 1 aliphatic rings. The molecular weight excluding hydrogens is 348 g/mol. The lowest BCUT2D eigenvalue weighted by Crippen LogP contribution is -2.37. The molecule has 0 spiro atoms. The average molecular weight is 369 g/mol. The van der Waals surface area contributed by atoms with Crippen LogP contribution in [0.15, 0.2) is 41.3 Å². The summed E-state index contributed by atoms with van der Waals surface area (Å²) in [7, 11) is -1.61. The van der Waals surface area contributed by atoms with Gasteiger partial charge in [-0.1, -0.05) is 29.8 Å². The van der Waals surface area contributed by atoms with Crippen LogP contribution in [0.5, 0.6) is 0 Å². The zero-order valence-electron chi connectivity index (χ0n) is 13.5. The molecule has 1 aliphatic heterocycles. The Hall–Kier alpha value is -1.18. The summed E-state index contributed by atoms with van der Waals surface area (Å²) in [4.78, 5) is 2.30. The Kier molecular flexibility index (Phi) is 5.13. The van der Waals surface area contributed by atoms with Gasteiger partial charge in [0.25, 0.3) is 0 Å². The van der Waals surface area contributed by atoms with Crippen molar-refractivity contribution in [3.05, 3.63) is 41.4 Å². The number of likely N-dealkylation sites (N-methyl/N-ethyl adjacent to an activating group) is 1. The molecule has 5 nitrogen and oxygen atoms in total. The number of nitrogens with zero attached hydrogens (tertiary/aromatic N) is 2. The fourth-order valence-electron chi connectivity index (χ4n) is 3.16. The van der Waals surface area contributed by atoms with Crippen LogP contribution in [-0.4, -0.2) is 62.1 Å². The lowest BCUT2D eigenvalue weighted by Gasteiger charge is -2.23. The Morgan fingerprint density at radius 1 is 1.33 bits per heavy atom. The van der Waals surface area contributed by atoms with E-state index in [1.54, 1.807) is 24.3 Å². The molecule has 130 valence electrons. The normalized spacial score (nSPS) is 19.4. The zero-order chi connectivity index (χ0) is 17.3. The Bertz CT molecular complexity index is 841. The van der Waals surface area contributed by atoms with E-state index in [1.165, 1.54) is 4.31 Å². The van der Waals surface area contributed by atoms with Crippen LogP contribution in [0.25, 0.3) is 10.8 Å². The molecule has 7 heteroatoms. The quantitative estimate of drug-likeness (QED) is 0.878. The molecule has 0 radical (unpaired) electrons. The van der Waals surface area contributed by atoms with E-state index in [2.05, 4.69) is 0 Å². The highest BCUT2D eigenvalue weighted by atomic mass is 35.5. The molecule has 3 rings (SSSR count). The Morgan fingerprint density at radius 2 is 2.12 bits per heavy atom. The summed E-state index contributed by atoms with van der Waals surface area (Å²) in [6.45, 7) is 1.57. The highest BCUT2D eigenvalue weighted by Gasteiger charge is 2.34. The molecule has 24 heavy (non-hydrogen) atoms. The number of halogens is 1.